The standard InChI is InChI=1S/C60H110N2O9/c1-4-7-9-11-12-19-36-54-37-21-15-20-33-53(32-6-3)34-26-27-38-55(35-18-10-8-5-2)52-71-60(67)42-25-17-23-40-58(65)69-50-31-47-62(56(63)43-48-61-44-28-13-14-29-45-61)46-30-49-68-57(64)39-22-16-24-41-59(66)70-51-54/h53-55H,4-52H2,1-3H3. The number of rotatable bonds is 17. The molecule has 0 radical (unpaired) electrons. The van der Waals surface area contributed by atoms with Gasteiger partial charge in [-0.15, -0.1) is 0 Å². The Kier molecular flexibility index (Phi) is 41.6. The van der Waals surface area contributed by atoms with E-state index in [4.69, 9.17) is 18.9 Å². The first-order valence-corrected chi connectivity index (χ1v) is 30.4. The number of ether oxygens (including phenoxy) is 4. The highest BCUT2D eigenvalue weighted by Crippen LogP contribution is 2.26. The van der Waals surface area contributed by atoms with Crippen LogP contribution < -0.4 is 0 Å². The smallest absolute Gasteiger partial charge is 0.305 e. The predicted octanol–water partition coefficient (Wildman–Crippen LogP) is 14.8. The SMILES string of the molecule is CCCCCCCCC1CCCCCC(CCC)CCCCC(CCCCCC)COC(=O)CCCCCC(=O)OCCCN(C(=O)CCN2CCCCCC2)CCCOC(=O)CCCCCC(=O)OC1. The van der Waals surface area contributed by atoms with Gasteiger partial charge < -0.3 is 28.7 Å². The molecule has 0 saturated carbocycles. The number of amides is 1. The Morgan fingerprint density at radius 2 is 0.803 bits per heavy atom. The Bertz CT molecular complexity index is 1320. The predicted molar refractivity (Wildman–Crippen MR) is 289 cm³/mol. The van der Waals surface area contributed by atoms with E-state index in [1.54, 1.807) is 0 Å². The minimum absolute atomic E-state index is 0.0794. The minimum Gasteiger partial charge on any atom is -0.466 e. The lowest BCUT2D eigenvalue weighted by atomic mass is 9.88. The zero-order valence-corrected chi connectivity index (χ0v) is 46.4. The van der Waals surface area contributed by atoms with Crippen LogP contribution >= 0.6 is 0 Å². The summed E-state index contributed by atoms with van der Waals surface area (Å²) in [6, 6.07) is 0. The molecule has 0 aromatic heterocycles. The van der Waals surface area contributed by atoms with E-state index >= 15 is 0 Å². The van der Waals surface area contributed by atoms with Gasteiger partial charge in [-0.3, -0.25) is 24.0 Å². The van der Waals surface area contributed by atoms with Gasteiger partial charge in [-0.05, 0) is 108 Å². The van der Waals surface area contributed by atoms with Crippen LogP contribution in [0.1, 0.15) is 278 Å². The molecule has 0 aromatic rings. The highest BCUT2D eigenvalue weighted by atomic mass is 16.5. The minimum atomic E-state index is -0.248. The average Bonchev–Trinajstić information content (AvgIpc) is 3.65. The van der Waals surface area contributed by atoms with Crippen molar-refractivity contribution in [3.63, 3.8) is 0 Å². The number of nitrogens with zero attached hydrogens (tertiary/aromatic N) is 2. The van der Waals surface area contributed by atoms with Gasteiger partial charge in [0.05, 0.1) is 26.4 Å². The van der Waals surface area contributed by atoms with E-state index in [-0.39, 0.29) is 43.0 Å². The molecule has 0 N–H and O–H groups in total. The Morgan fingerprint density at radius 1 is 0.408 bits per heavy atom. The summed E-state index contributed by atoms with van der Waals surface area (Å²) in [5.41, 5.74) is 0. The lowest BCUT2D eigenvalue weighted by molar-refractivity contribution is -0.146. The third-order valence-corrected chi connectivity index (χ3v) is 15.2. The van der Waals surface area contributed by atoms with Gasteiger partial charge in [0.1, 0.15) is 0 Å². The fraction of sp³-hybridized carbons (Fsp3) is 0.917. The van der Waals surface area contributed by atoms with Crippen LogP contribution in [0.25, 0.3) is 0 Å². The molecule has 2 fully saturated rings. The van der Waals surface area contributed by atoms with Crippen LogP contribution in [0.3, 0.4) is 0 Å². The van der Waals surface area contributed by atoms with Gasteiger partial charge in [0, 0.05) is 51.7 Å². The molecule has 2 saturated heterocycles. The fourth-order valence-electron chi connectivity index (χ4n) is 10.6. The second-order valence-corrected chi connectivity index (χ2v) is 21.7. The van der Waals surface area contributed by atoms with Crippen molar-refractivity contribution in [3.05, 3.63) is 0 Å². The van der Waals surface area contributed by atoms with E-state index in [1.807, 2.05) is 4.90 Å². The van der Waals surface area contributed by atoms with Crippen molar-refractivity contribution >= 4 is 29.8 Å². The first-order valence-electron chi connectivity index (χ1n) is 30.4. The quantitative estimate of drug-likeness (QED) is 0.0789. The molecule has 3 unspecified atom stereocenters. The summed E-state index contributed by atoms with van der Waals surface area (Å²) in [7, 11) is 0. The third-order valence-electron chi connectivity index (χ3n) is 15.2. The van der Waals surface area contributed by atoms with Crippen LogP contribution in [0, 0.1) is 17.8 Å². The van der Waals surface area contributed by atoms with Gasteiger partial charge in [0.15, 0.2) is 0 Å². The molecular weight excluding hydrogens is 893 g/mol. The molecule has 0 aliphatic carbocycles. The van der Waals surface area contributed by atoms with Gasteiger partial charge in [0.25, 0.3) is 0 Å². The first-order chi connectivity index (χ1) is 34.7. The Balaban J connectivity index is 1.99. The third kappa shape index (κ3) is 37.7. The van der Waals surface area contributed by atoms with Crippen LogP contribution in [0.15, 0.2) is 0 Å². The molecule has 71 heavy (non-hydrogen) atoms. The van der Waals surface area contributed by atoms with E-state index in [1.165, 1.54) is 148 Å². The fourth-order valence-corrected chi connectivity index (χ4v) is 10.6. The van der Waals surface area contributed by atoms with Gasteiger partial charge in [-0.1, -0.05) is 168 Å². The highest BCUT2D eigenvalue weighted by molar-refractivity contribution is 5.76. The van der Waals surface area contributed by atoms with E-state index < -0.39 is 0 Å². The number of hydrogen-bond acceptors (Lipinski definition) is 10. The number of hydrogen-bond donors (Lipinski definition) is 0. The van der Waals surface area contributed by atoms with Gasteiger partial charge >= 0.3 is 23.9 Å². The van der Waals surface area contributed by atoms with Crippen molar-refractivity contribution in [1.82, 2.24) is 9.80 Å². The zero-order chi connectivity index (χ0) is 51.3. The highest BCUT2D eigenvalue weighted by Gasteiger charge is 2.19. The Hall–Kier alpha value is -2.69. The summed E-state index contributed by atoms with van der Waals surface area (Å²) in [5, 5.41) is 0. The Morgan fingerprint density at radius 3 is 1.28 bits per heavy atom. The van der Waals surface area contributed by atoms with E-state index in [0.29, 0.717) is 109 Å². The second kappa shape index (κ2) is 45.9. The van der Waals surface area contributed by atoms with Crippen LogP contribution in [0.5, 0.6) is 0 Å². The van der Waals surface area contributed by atoms with Crippen molar-refractivity contribution in [3.8, 4) is 0 Å². The van der Waals surface area contributed by atoms with Crippen molar-refractivity contribution in [2.45, 2.75) is 278 Å². The summed E-state index contributed by atoms with van der Waals surface area (Å²) in [5.74, 6) is 0.946. The molecule has 2 heterocycles. The molecule has 11 heteroatoms. The van der Waals surface area contributed by atoms with E-state index in [2.05, 4.69) is 25.7 Å². The molecule has 2 aliphatic rings. The number of esters is 4. The molecule has 2 aliphatic heterocycles. The van der Waals surface area contributed by atoms with Gasteiger partial charge in [-0.2, -0.15) is 0 Å². The van der Waals surface area contributed by atoms with Crippen LogP contribution in [-0.4, -0.2) is 98.7 Å². The summed E-state index contributed by atoms with van der Waals surface area (Å²) >= 11 is 0. The van der Waals surface area contributed by atoms with Crippen LogP contribution in [0.2, 0.25) is 0 Å². The van der Waals surface area contributed by atoms with Crippen molar-refractivity contribution < 1.29 is 42.9 Å². The molecule has 414 valence electrons. The lowest BCUT2D eigenvalue weighted by Crippen LogP contribution is -2.37. The van der Waals surface area contributed by atoms with E-state index in [9.17, 15) is 24.0 Å². The number of carbonyl (C=O) groups is 5. The van der Waals surface area contributed by atoms with Crippen LogP contribution in [-0.2, 0) is 42.9 Å². The molecule has 3 atom stereocenters. The summed E-state index contributed by atoms with van der Waals surface area (Å²) < 4.78 is 22.9. The number of carbonyl (C=O) groups excluding carboxylic acids is 5. The molecule has 0 bridgehead atoms. The molecule has 2 rings (SSSR count). The monoisotopic (exact) mass is 1000 g/mol. The average molecular weight is 1000 g/mol. The topological polar surface area (TPSA) is 129 Å². The van der Waals surface area contributed by atoms with Crippen molar-refractivity contribution in [2.24, 2.45) is 17.8 Å². The van der Waals surface area contributed by atoms with Crippen LogP contribution in [0.4, 0.5) is 0 Å². The van der Waals surface area contributed by atoms with E-state index in [0.717, 1.165) is 64.1 Å². The summed E-state index contributed by atoms with van der Waals surface area (Å²) in [6.07, 6.45) is 40.2. The number of unbranched alkanes of at least 4 members (excludes halogenated alkanes) is 8. The number of cyclic esters (lactones) is 4. The maximum Gasteiger partial charge on any atom is 0.305 e. The largest absolute Gasteiger partial charge is 0.466 e. The van der Waals surface area contributed by atoms with Crippen molar-refractivity contribution in [1.29, 1.82) is 0 Å². The Labute approximate surface area is 435 Å². The molecule has 0 aromatic carbocycles. The maximum absolute atomic E-state index is 13.5. The first kappa shape index (κ1) is 64.4. The zero-order valence-electron chi connectivity index (χ0n) is 46.4. The summed E-state index contributed by atoms with van der Waals surface area (Å²) in [4.78, 5) is 68.6. The van der Waals surface area contributed by atoms with Gasteiger partial charge in [0.2, 0.25) is 5.91 Å². The number of likely N-dealkylation sites (tertiary alicyclic amines) is 1. The maximum atomic E-state index is 13.5. The lowest BCUT2D eigenvalue weighted by Gasteiger charge is -2.25. The summed E-state index contributed by atoms with van der Waals surface area (Å²) in [6.45, 7) is 12.1. The van der Waals surface area contributed by atoms with Gasteiger partial charge in [-0.25, -0.2) is 0 Å². The molecule has 0 spiro atoms. The van der Waals surface area contributed by atoms with Crippen molar-refractivity contribution in [2.75, 3.05) is 59.2 Å². The normalized spacial score (nSPS) is 23.1. The molecule has 11 nitrogen and oxygen atoms in total. The molecular formula is C60H110N2O9. The second-order valence-electron chi connectivity index (χ2n) is 21.7. The molecule has 1 amide bonds.